The average Bonchev–Trinajstić information content (AvgIpc) is 3.55. The SMILES string of the molecule is c1ccc(-c2ccc(N(c3ccc(-c4ccccc4)c(-c4ccccc4)c3)c3ccc4c(c3)oc3ncc5ccccc5c34)cc2)cc1. The second-order valence-electron chi connectivity index (χ2n) is 12.0. The van der Waals surface area contributed by atoms with Crippen molar-refractivity contribution in [3.63, 3.8) is 0 Å². The molecule has 0 spiro atoms. The molecule has 0 bridgehead atoms. The minimum Gasteiger partial charge on any atom is -0.438 e. The first-order valence-corrected chi connectivity index (χ1v) is 16.2. The minimum atomic E-state index is 0.651. The number of hydrogen-bond acceptors (Lipinski definition) is 3. The molecular weight excluding hydrogens is 585 g/mol. The maximum absolute atomic E-state index is 6.43. The summed E-state index contributed by atoms with van der Waals surface area (Å²) in [5, 5.41) is 4.35. The van der Waals surface area contributed by atoms with Crippen molar-refractivity contribution in [3.8, 4) is 33.4 Å². The van der Waals surface area contributed by atoms with Gasteiger partial charge in [0.2, 0.25) is 5.71 Å². The van der Waals surface area contributed by atoms with Crippen molar-refractivity contribution < 1.29 is 4.42 Å². The smallest absolute Gasteiger partial charge is 0.227 e. The Morgan fingerprint density at radius 1 is 0.417 bits per heavy atom. The van der Waals surface area contributed by atoms with Crippen LogP contribution in [-0.4, -0.2) is 4.98 Å². The van der Waals surface area contributed by atoms with Gasteiger partial charge < -0.3 is 9.32 Å². The highest BCUT2D eigenvalue weighted by Crippen LogP contribution is 2.43. The van der Waals surface area contributed by atoms with Gasteiger partial charge in [0.05, 0.1) is 5.39 Å². The molecule has 2 heterocycles. The van der Waals surface area contributed by atoms with Crippen LogP contribution in [0.1, 0.15) is 0 Å². The first kappa shape index (κ1) is 27.8. The van der Waals surface area contributed by atoms with Gasteiger partial charge in [-0.1, -0.05) is 133 Å². The highest BCUT2D eigenvalue weighted by Gasteiger charge is 2.19. The largest absolute Gasteiger partial charge is 0.438 e. The Kier molecular flexibility index (Phi) is 6.80. The second-order valence-corrected chi connectivity index (χ2v) is 12.0. The molecular formula is C45H30N2O. The third kappa shape index (κ3) is 4.90. The lowest BCUT2D eigenvalue weighted by molar-refractivity contribution is 0.654. The quantitative estimate of drug-likeness (QED) is 0.187. The molecule has 226 valence electrons. The number of pyridine rings is 1. The molecule has 0 aliphatic rings. The summed E-state index contributed by atoms with van der Waals surface area (Å²) in [6, 6.07) is 62.2. The van der Waals surface area contributed by atoms with E-state index in [-0.39, 0.29) is 0 Å². The van der Waals surface area contributed by atoms with Crippen LogP contribution in [0.5, 0.6) is 0 Å². The van der Waals surface area contributed by atoms with Gasteiger partial charge in [0.25, 0.3) is 0 Å². The highest BCUT2D eigenvalue weighted by atomic mass is 16.3. The Morgan fingerprint density at radius 2 is 0.979 bits per heavy atom. The summed E-state index contributed by atoms with van der Waals surface area (Å²) in [5.41, 5.74) is 11.7. The van der Waals surface area contributed by atoms with Crippen LogP contribution >= 0.6 is 0 Å². The van der Waals surface area contributed by atoms with E-state index in [0.717, 1.165) is 44.2 Å². The molecule has 3 heteroatoms. The van der Waals surface area contributed by atoms with Crippen molar-refractivity contribution in [2.24, 2.45) is 0 Å². The Bertz CT molecular complexity index is 2540. The predicted octanol–water partition coefficient (Wildman–Crippen LogP) is 12.6. The Labute approximate surface area is 279 Å². The predicted molar refractivity (Wildman–Crippen MR) is 200 cm³/mol. The summed E-state index contributed by atoms with van der Waals surface area (Å²) in [7, 11) is 0. The molecule has 9 aromatic rings. The molecule has 0 aliphatic heterocycles. The molecule has 7 aromatic carbocycles. The first-order chi connectivity index (χ1) is 23.8. The maximum Gasteiger partial charge on any atom is 0.227 e. The Hall–Kier alpha value is -6.45. The molecule has 0 saturated carbocycles. The van der Waals surface area contributed by atoms with Crippen molar-refractivity contribution >= 4 is 49.9 Å². The molecule has 0 aliphatic carbocycles. The summed E-state index contributed by atoms with van der Waals surface area (Å²) >= 11 is 0. The van der Waals surface area contributed by atoms with E-state index in [1.165, 1.54) is 33.4 Å². The molecule has 3 nitrogen and oxygen atoms in total. The van der Waals surface area contributed by atoms with Crippen molar-refractivity contribution in [2.75, 3.05) is 4.90 Å². The fourth-order valence-corrected chi connectivity index (χ4v) is 6.81. The minimum absolute atomic E-state index is 0.651. The number of hydrogen-bond donors (Lipinski definition) is 0. The van der Waals surface area contributed by atoms with Crippen LogP contribution in [0.2, 0.25) is 0 Å². The molecule has 0 amide bonds. The van der Waals surface area contributed by atoms with Gasteiger partial charge in [0, 0.05) is 40.1 Å². The van der Waals surface area contributed by atoms with Gasteiger partial charge in [0.1, 0.15) is 5.58 Å². The zero-order valence-corrected chi connectivity index (χ0v) is 26.1. The van der Waals surface area contributed by atoms with Crippen molar-refractivity contribution in [3.05, 3.63) is 182 Å². The molecule has 0 unspecified atom stereocenters. The van der Waals surface area contributed by atoms with Crippen LogP contribution < -0.4 is 4.90 Å². The molecule has 0 fully saturated rings. The fourth-order valence-electron chi connectivity index (χ4n) is 6.81. The van der Waals surface area contributed by atoms with Crippen LogP contribution in [0.3, 0.4) is 0 Å². The second kappa shape index (κ2) is 11.7. The highest BCUT2D eigenvalue weighted by molar-refractivity contribution is 6.17. The van der Waals surface area contributed by atoms with E-state index in [4.69, 9.17) is 4.42 Å². The van der Waals surface area contributed by atoms with Gasteiger partial charge in [0.15, 0.2) is 0 Å². The summed E-state index contributed by atoms with van der Waals surface area (Å²) in [4.78, 5) is 6.99. The van der Waals surface area contributed by atoms with Crippen LogP contribution in [0.25, 0.3) is 66.2 Å². The summed E-state index contributed by atoms with van der Waals surface area (Å²) in [5.74, 6) is 0. The molecule has 2 aromatic heterocycles. The van der Waals surface area contributed by atoms with Crippen molar-refractivity contribution in [1.82, 2.24) is 4.98 Å². The first-order valence-electron chi connectivity index (χ1n) is 16.2. The van der Waals surface area contributed by atoms with Crippen molar-refractivity contribution in [2.45, 2.75) is 0 Å². The summed E-state index contributed by atoms with van der Waals surface area (Å²) in [6.45, 7) is 0. The molecule has 9 rings (SSSR count). The molecule has 0 N–H and O–H groups in total. The zero-order valence-electron chi connectivity index (χ0n) is 26.1. The van der Waals surface area contributed by atoms with E-state index in [9.17, 15) is 0 Å². The molecule has 0 saturated heterocycles. The normalized spacial score (nSPS) is 11.3. The number of benzene rings is 7. The number of anilines is 3. The number of furan rings is 1. The lowest BCUT2D eigenvalue weighted by Gasteiger charge is -2.27. The van der Waals surface area contributed by atoms with Gasteiger partial charge in [-0.05, 0) is 75.2 Å². The van der Waals surface area contributed by atoms with E-state index in [2.05, 4.69) is 180 Å². The topological polar surface area (TPSA) is 29.3 Å². The third-order valence-electron chi connectivity index (χ3n) is 9.13. The van der Waals surface area contributed by atoms with Crippen LogP contribution in [0.4, 0.5) is 17.1 Å². The Morgan fingerprint density at radius 3 is 1.71 bits per heavy atom. The van der Waals surface area contributed by atoms with E-state index in [1.807, 2.05) is 12.3 Å². The molecule has 48 heavy (non-hydrogen) atoms. The van der Waals surface area contributed by atoms with E-state index >= 15 is 0 Å². The van der Waals surface area contributed by atoms with E-state index < -0.39 is 0 Å². The summed E-state index contributed by atoms with van der Waals surface area (Å²) in [6.07, 6.45) is 1.89. The van der Waals surface area contributed by atoms with Crippen LogP contribution in [-0.2, 0) is 0 Å². The lowest BCUT2D eigenvalue weighted by Crippen LogP contribution is -2.10. The molecule has 0 radical (unpaired) electrons. The number of rotatable bonds is 6. The van der Waals surface area contributed by atoms with E-state index in [0.29, 0.717) is 5.71 Å². The van der Waals surface area contributed by atoms with E-state index in [1.54, 1.807) is 0 Å². The number of aromatic nitrogens is 1. The maximum atomic E-state index is 6.43. The Balaban J connectivity index is 1.24. The zero-order chi connectivity index (χ0) is 31.9. The lowest BCUT2D eigenvalue weighted by atomic mass is 9.93. The van der Waals surface area contributed by atoms with Gasteiger partial charge in [-0.15, -0.1) is 0 Å². The third-order valence-corrected chi connectivity index (χ3v) is 9.13. The van der Waals surface area contributed by atoms with Gasteiger partial charge in [-0.3, -0.25) is 0 Å². The van der Waals surface area contributed by atoms with Gasteiger partial charge >= 0.3 is 0 Å². The number of nitrogens with zero attached hydrogens (tertiary/aromatic N) is 2. The van der Waals surface area contributed by atoms with Crippen molar-refractivity contribution in [1.29, 1.82) is 0 Å². The average molecular weight is 615 g/mol. The molecule has 0 atom stereocenters. The standard InChI is InChI=1S/C45H30N2O/c1-4-12-31(13-5-1)32-20-22-36(23-21-32)47(37-24-26-39(33-14-6-2-7-15-33)42(28-37)34-16-8-3-9-17-34)38-25-27-41-43(29-38)48-45-44(41)40-19-11-10-18-35(40)30-46-45/h1-30H. The monoisotopic (exact) mass is 614 g/mol. The van der Waals surface area contributed by atoms with Gasteiger partial charge in [-0.2, -0.15) is 0 Å². The van der Waals surface area contributed by atoms with Gasteiger partial charge in [-0.25, -0.2) is 4.98 Å². The van der Waals surface area contributed by atoms with Crippen LogP contribution in [0, 0.1) is 0 Å². The summed E-state index contributed by atoms with van der Waals surface area (Å²) < 4.78 is 6.43. The fraction of sp³-hybridized carbons (Fsp3) is 0. The van der Waals surface area contributed by atoms with Crippen LogP contribution in [0.15, 0.2) is 187 Å². The number of fused-ring (bicyclic) bond motifs is 5.